The highest BCUT2D eigenvalue weighted by Crippen LogP contribution is 2.33. The van der Waals surface area contributed by atoms with Crippen molar-refractivity contribution in [2.75, 3.05) is 20.2 Å². The van der Waals surface area contributed by atoms with E-state index in [-0.39, 0.29) is 17.5 Å². The van der Waals surface area contributed by atoms with Gasteiger partial charge in [0.15, 0.2) is 0 Å². The van der Waals surface area contributed by atoms with Crippen LogP contribution in [-0.2, 0) is 4.79 Å². The number of methoxy groups -OCH3 is 1. The second-order valence-electron chi connectivity index (χ2n) is 6.63. The van der Waals surface area contributed by atoms with Gasteiger partial charge in [-0.05, 0) is 51.3 Å². The first-order chi connectivity index (χ1) is 9.90. The molecule has 0 aliphatic carbocycles. The summed E-state index contributed by atoms with van der Waals surface area (Å²) in [6, 6.07) is 8.21. The molecule has 0 saturated carbocycles. The molecule has 1 saturated heterocycles. The number of nitrogens with zero attached hydrogens (tertiary/aromatic N) is 1. The molecular formula is C17H26N2O2. The lowest BCUT2D eigenvalue weighted by atomic mass is 10.0. The fraction of sp³-hybridized carbons (Fsp3) is 0.588. The van der Waals surface area contributed by atoms with Gasteiger partial charge in [-0.15, -0.1) is 0 Å². The lowest BCUT2D eigenvalue weighted by Crippen LogP contribution is -2.44. The number of likely N-dealkylation sites (tertiary alicyclic amines) is 1. The summed E-state index contributed by atoms with van der Waals surface area (Å²) in [4.78, 5) is 14.5. The molecule has 4 heteroatoms. The number of ether oxygens (including phenoxy) is 1. The predicted molar refractivity (Wildman–Crippen MR) is 84.4 cm³/mol. The topological polar surface area (TPSA) is 41.6 Å². The molecular weight excluding hydrogens is 264 g/mol. The number of hydrogen-bond acceptors (Lipinski definition) is 3. The SMILES string of the molecule is COc1cccc(C2CCCN2C(=O)CNC(C)(C)C)c1. The zero-order chi connectivity index (χ0) is 15.5. The molecule has 21 heavy (non-hydrogen) atoms. The minimum Gasteiger partial charge on any atom is -0.497 e. The van der Waals surface area contributed by atoms with E-state index in [1.807, 2.05) is 23.1 Å². The molecule has 1 unspecified atom stereocenters. The molecule has 1 amide bonds. The number of rotatable bonds is 4. The molecule has 1 heterocycles. The maximum atomic E-state index is 12.5. The van der Waals surface area contributed by atoms with Crippen molar-refractivity contribution in [2.24, 2.45) is 0 Å². The third kappa shape index (κ3) is 4.21. The van der Waals surface area contributed by atoms with E-state index in [0.717, 1.165) is 30.7 Å². The average Bonchev–Trinajstić information content (AvgIpc) is 2.93. The molecule has 2 rings (SSSR count). The Balaban J connectivity index is 2.07. The summed E-state index contributed by atoms with van der Waals surface area (Å²) < 4.78 is 5.29. The van der Waals surface area contributed by atoms with Crippen LogP contribution >= 0.6 is 0 Å². The van der Waals surface area contributed by atoms with Crippen LogP contribution < -0.4 is 10.1 Å². The van der Waals surface area contributed by atoms with Gasteiger partial charge in [-0.1, -0.05) is 12.1 Å². The fourth-order valence-corrected chi connectivity index (χ4v) is 2.70. The minimum absolute atomic E-state index is 0.0408. The van der Waals surface area contributed by atoms with Crippen LogP contribution in [0.15, 0.2) is 24.3 Å². The summed E-state index contributed by atoms with van der Waals surface area (Å²) in [7, 11) is 1.67. The molecule has 1 aromatic rings. The third-order valence-corrected chi connectivity index (χ3v) is 3.82. The minimum atomic E-state index is -0.0408. The molecule has 1 aliphatic rings. The number of nitrogens with one attached hydrogen (secondary N) is 1. The predicted octanol–water partition coefficient (Wildman–Crippen LogP) is 2.75. The van der Waals surface area contributed by atoms with E-state index in [9.17, 15) is 4.79 Å². The maximum absolute atomic E-state index is 12.5. The summed E-state index contributed by atoms with van der Waals surface area (Å²) in [6.07, 6.45) is 2.08. The smallest absolute Gasteiger partial charge is 0.237 e. The molecule has 0 aromatic heterocycles. The van der Waals surface area contributed by atoms with Gasteiger partial charge in [0.1, 0.15) is 5.75 Å². The molecule has 0 bridgehead atoms. The second kappa shape index (κ2) is 6.48. The quantitative estimate of drug-likeness (QED) is 0.927. The Morgan fingerprint density at radius 3 is 2.86 bits per heavy atom. The van der Waals surface area contributed by atoms with Gasteiger partial charge in [0, 0.05) is 12.1 Å². The zero-order valence-corrected chi connectivity index (χ0v) is 13.5. The van der Waals surface area contributed by atoms with E-state index >= 15 is 0 Å². The molecule has 0 spiro atoms. The second-order valence-corrected chi connectivity index (χ2v) is 6.63. The van der Waals surface area contributed by atoms with E-state index in [4.69, 9.17) is 4.74 Å². The number of hydrogen-bond donors (Lipinski definition) is 1. The van der Waals surface area contributed by atoms with Crippen molar-refractivity contribution in [1.82, 2.24) is 10.2 Å². The molecule has 1 fully saturated rings. The number of carbonyl (C=O) groups is 1. The number of carbonyl (C=O) groups excluding carboxylic acids is 1. The summed E-state index contributed by atoms with van der Waals surface area (Å²) in [6.45, 7) is 7.45. The van der Waals surface area contributed by atoms with Gasteiger partial charge < -0.3 is 15.0 Å². The van der Waals surface area contributed by atoms with Crippen molar-refractivity contribution in [2.45, 2.75) is 45.2 Å². The molecule has 4 nitrogen and oxygen atoms in total. The van der Waals surface area contributed by atoms with Crippen LogP contribution in [0.5, 0.6) is 5.75 Å². The summed E-state index contributed by atoms with van der Waals surface area (Å²) >= 11 is 0. The Labute approximate surface area is 127 Å². The maximum Gasteiger partial charge on any atom is 0.237 e. The van der Waals surface area contributed by atoms with E-state index in [1.165, 1.54) is 0 Å². The summed E-state index contributed by atoms with van der Waals surface area (Å²) in [5, 5.41) is 3.28. The van der Waals surface area contributed by atoms with Crippen LogP contribution in [0.1, 0.15) is 45.2 Å². The molecule has 1 aromatic carbocycles. The van der Waals surface area contributed by atoms with Gasteiger partial charge in [0.25, 0.3) is 0 Å². The first kappa shape index (κ1) is 15.8. The van der Waals surface area contributed by atoms with Gasteiger partial charge in [0.05, 0.1) is 19.7 Å². The van der Waals surface area contributed by atoms with Crippen LogP contribution in [0.25, 0.3) is 0 Å². The Hall–Kier alpha value is -1.55. The van der Waals surface area contributed by atoms with Crippen molar-refractivity contribution < 1.29 is 9.53 Å². The first-order valence-corrected chi connectivity index (χ1v) is 7.59. The molecule has 1 aliphatic heterocycles. The van der Waals surface area contributed by atoms with Crippen molar-refractivity contribution in [3.63, 3.8) is 0 Å². The van der Waals surface area contributed by atoms with Crippen LogP contribution in [0.4, 0.5) is 0 Å². The Bertz CT molecular complexity index is 494. The molecule has 0 radical (unpaired) electrons. The van der Waals surface area contributed by atoms with Crippen molar-refractivity contribution >= 4 is 5.91 Å². The summed E-state index contributed by atoms with van der Waals surface area (Å²) in [5.74, 6) is 1.02. The Morgan fingerprint density at radius 1 is 1.43 bits per heavy atom. The van der Waals surface area contributed by atoms with Crippen molar-refractivity contribution in [3.05, 3.63) is 29.8 Å². The van der Waals surface area contributed by atoms with E-state index in [1.54, 1.807) is 7.11 Å². The third-order valence-electron chi connectivity index (χ3n) is 3.82. The van der Waals surface area contributed by atoms with Gasteiger partial charge in [0.2, 0.25) is 5.91 Å². The monoisotopic (exact) mass is 290 g/mol. The van der Waals surface area contributed by atoms with E-state index in [0.29, 0.717) is 6.54 Å². The highest BCUT2D eigenvalue weighted by Gasteiger charge is 2.30. The highest BCUT2D eigenvalue weighted by molar-refractivity contribution is 5.79. The van der Waals surface area contributed by atoms with E-state index in [2.05, 4.69) is 32.2 Å². The molecule has 1 N–H and O–H groups in total. The van der Waals surface area contributed by atoms with Crippen LogP contribution in [0, 0.1) is 0 Å². The fourth-order valence-electron chi connectivity index (χ4n) is 2.70. The lowest BCUT2D eigenvalue weighted by Gasteiger charge is -2.28. The molecule has 116 valence electrons. The lowest BCUT2D eigenvalue weighted by molar-refractivity contribution is -0.131. The van der Waals surface area contributed by atoms with E-state index < -0.39 is 0 Å². The zero-order valence-electron chi connectivity index (χ0n) is 13.5. The van der Waals surface area contributed by atoms with Gasteiger partial charge in [-0.3, -0.25) is 4.79 Å². The van der Waals surface area contributed by atoms with Crippen molar-refractivity contribution in [1.29, 1.82) is 0 Å². The Morgan fingerprint density at radius 2 is 2.19 bits per heavy atom. The largest absolute Gasteiger partial charge is 0.497 e. The summed E-state index contributed by atoms with van der Waals surface area (Å²) in [5.41, 5.74) is 1.12. The number of benzene rings is 1. The van der Waals surface area contributed by atoms with Crippen LogP contribution in [0.2, 0.25) is 0 Å². The molecule has 1 atom stereocenters. The van der Waals surface area contributed by atoms with Gasteiger partial charge >= 0.3 is 0 Å². The number of amides is 1. The Kier molecular flexibility index (Phi) is 4.88. The first-order valence-electron chi connectivity index (χ1n) is 7.59. The van der Waals surface area contributed by atoms with Crippen LogP contribution in [0.3, 0.4) is 0 Å². The van der Waals surface area contributed by atoms with Gasteiger partial charge in [-0.2, -0.15) is 0 Å². The van der Waals surface area contributed by atoms with Gasteiger partial charge in [-0.25, -0.2) is 0 Å². The standard InChI is InChI=1S/C17H26N2O2/c1-17(2,3)18-12-16(20)19-10-6-9-15(19)13-7-5-8-14(11-13)21-4/h5,7-8,11,15,18H,6,9-10,12H2,1-4H3. The van der Waals surface area contributed by atoms with Crippen LogP contribution in [-0.4, -0.2) is 36.5 Å². The van der Waals surface area contributed by atoms with Crippen molar-refractivity contribution in [3.8, 4) is 5.75 Å². The highest BCUT2D eigenvalue weighted by atomic mass is 16.5. The average molecular weight is 290 g/mol. The normalized spacial score (nSPS) is 18.9.